The highest BCUT2D eigenvalue weighted by atomic mass is 79.9. The van der Waals surface area contributed by atoms with Crippen molar-refractivity contribution < 1.29 is 13.3 Å². The van der Waals surface area contributed by atoms with E-state index >= 15 is 0 Å². The van der Waals surface area contributed by atoms with Crippen molar-refractivity contribution in [3.8, 4) is 0 Å². The zero-order valence-electron chi connectivity index (χ0n) is 6.68. The number of primary sulfonamides is 1. The van der Waals surface area contributed by atoms with Gasteiger partial charge >= 0.3 is 0 Å². The summed E-state index contributed by atoms with van der Waals surface area (Å²) in [6.07, 6.45) is 0. The van der Waals surface area contributed by atoms with Gasteiger partial charge in [-0.25, -0.2) is 13.6 Å². The van der Waals surface area contributed by atoms with Crippen LogP contribution >= 0.6 is 15.9 Å². The maximum absolute atomic E-state index is 11.0. The third-order valence-electron chi connectivity index (χ3n) is 1.43. The Kier molecular flexibility index (Phi) is 2.88. The highest BCUT2D eigenvalue weighted by Crippen LogP contribution is 2.29. The summed E-state index contributed by atoms with van der Waals surface area (Å²) < 4.78 is 22.1. The van der Waals surface area contributed by atoms with Crippen molar-refractivity contribution in [1.29, 1.82) is 0 Å². The number of hydrogen-bond donors (Lipinski definition) is 1. The van der Waals surface area contributed by atoms with Gasteiger partial charge in [-0.05, 0) is 22.0 Å². The van der Waals surface area contributed by atoms with Gasteiger partial charge in [-0.2, -0.15) is 0 Å². The van der Waals surface area contributed by atoms with Crippen LogP contribution in [-0.2, 0) is 10.0 Å². The van der Waals surface area contributed by atoms with Crippen molar-refractivity contribution in [2.24, 2.45) is 5.14 Å². The van der Waals surface area contributed by atoms with E-state index in [1.54, 1.807) is 0 Å². The van der Waals surface area contributed by atoms with Crippen LogP contribution in [0.2, 0.25) is 0 Å². The molecule has 0 saturated carbocycles. The van der Waals surface area contributed by atoms with Crippen molar-refractivity contribution in [1.82, 2.24) is 0 Å². The van der Waals surface area contributed by atoms with Gasteiger partial charge in [0.15, 0.2) is 4.90 Å². The zero-order valence-corrected chi connectivity index (χ0v) is 9.08. The molecule has 1 rings (SSSR count). The normalized spacial score (nSPS) is 11.3. The second-order valence-corrected chi connectivity index (χ2v) is 4.74. The van der Waals surface area contributed by atoms with Gasteiger partial charge in [-0.15, -0.1) is 0 Å². The molecule has 2 N–H and O–H groups in total. The molecule has 0 saturated heterocycles. The maximum Gasteiger partial charge on any atom is 0.290 e. The van der Waals surface area contributed by atoms with Crippen LogP contribution in [-0.4, -0.2) is 13.3 Å². The van der Waals surface area contributed by atoms with Gasteiger partial charge in [0.05, 0.1) is 4.92 Å². The molecule has 0 radical (unpaired) electrons. The Morgan fingerprint density at radius 1 is 1.43 bits per heavy atom. The Morgan fingerprint density at radius 2 is 2.00 bits per heavy atom. The van der Waals surface area contributed by atoms with Crippen LogP contribution in [0.15, 0.2) is 27.6 Å². The number of nitrogens with two attached hydrogens (primary N) is 1. The number of halogens is 1. The fourth-order valence-corrected chi connectivity index (χ4v) is 2.73. The van der Waals surface area contributed by atoms with Crippen LogP contribution < -0.4 is 5.14 Å². The molecular weight excluding hydrogens is 276 g/mol. The molecule has 0 aliphatic carbocycles. The number of hydrogen-bond acceptors (Lipinski definition) is 4. The molecule has 0 bridgehead atoms. The first-order chi connectivity index (χ1) is 6.34. The lowest BCUT2D eigenvalue weighted by Crippen LogP contribution is -2.14. The molecular formula is C6H5BrN2O4S. The van der Waals surface area contributed by atoms with E-state index in [-0.39, 0.29) is 4.47 Å². The first-order valence-corrected chi connectivity index (χ1v) is 5.63. The van der Waals surface area contributed by atoms with Crippen LogP contribution in [0.4, 0.5) is 5.69 Å². The number of benzene rings is 1. The highest BCUT2D eigenvalue weighted by molar-refractivity contribution is 9.10. The summed E-state index contributed by atoms with van der Waals surface area (Å²) in [5.41, 5.74) is -0.540. The van der Waals surface area contributed by atoms with E-state index in [4.69, 9.17) is 5.14 Å². The van der Waals surface area contributed by atoms with E-state index in [2.05, 4.69) is 15.9 Å². The Bertz CT molecular complexity index is 485. The van der Waals surface area contributed by atoms with Gasteiger partial charge in [0, 0.05) is 10.5 Å². The van der Waals surface area contributed by atoms with Crippen LogP contribution in [0.5, 0.6) is 0 Å². The highest BCUT2D eigenvalue weighted by Gasteiger charge is 2.25. The minimum absolute atomic E-state index is 0.0780. The lowest BCUT2D eigenvalue weighted by atomic mass is 10.3. The monoisotopic (exact) mass is 280 g/mol. The fourth-order valence-electron chi connectivity index (χ4n) is 0.923. The van der Waals surface area contributed by atoms with Crippen LogP contribution in [0.25, 0.3) is 0 Å². The number of nitro benzene ring substituents is 1. The number of nitro groups is 1. The van der Waals surface area contributed by atoms with Crippen molar-refractivity contribution in [3.63, 3.8) is 0 Å². The Morgan fingerprint density at radius 3 is 2.36 bits per heavy atom. The second-order valence-electron chi connectivity index (χ2n) is 2.39. The van der Waals surface area contributed by atoms with Crippen molar-refractivity contribution >= 4 is 31.6 Å². The number of rotatable bonds is 2. The topological polar surface area (TPSA) is 103 Å². The lowest BCUT2D eigenvalue weighted by Gasteiger charge is -2.01. The van der Waals surface area contributed by atoms with Gasteiger partial charge < -0.3 is 0 Å². The molecule has 0 fully saturated rings. The summed E-state index contributed by atoms with van der Waals surface area (Å²) in [4.78, 5) is 9.18. The first-order valence-electron chi connectivity index (χ1n) is 3.29. The van der Waals surface area contributed by atoms with Crippen molar-refractivity contribution in [2.75, 3.05) is 0 Å². The quantitative estimate of drug-likeness (QED) is 0.645. The predicted octanol–water partition coefficient (Wildman–Crippen LogP) is 1.00. The lowest BCUT2D eigenvalue weighted by molar-refractivity contribution is -0.387. The average molecular weight is 281 g/mol. The molecule has 0 amide bonds. The molecule has 14 heavy (non-hydrogen) atoms. The minimum Gasteiger partial charge on any atom is -0.258 e. The van der Waals surface area contributed by atoms with Gasteiger partial charge in [0.25, 0.3) is 5.69 Å². The van der Waals surface area contributed by atoms with E-state index in [1.165, 1.54) is 12.1 Å². The molecule has 0 heterocycles. The molecule has 0 aliphatic heterocycles. The summed E-state index contributed by atoms with van der Waals surface area (Å²) >= 11 is 2.89. The number of nitrogens with zero attached hydrogens (tertiary/aromatic N) is 1. The minimum atomic E-state index is -4.10. The molecule has 8 heteroatoms. The van der Waals surface area contributed by atoms with E-state index in [1.807, 2.05) is 0 Å². The van der Waals surface area contributed by atoms with Gasteiger partial charge in [0.1, 0.15) is 0 Å². The van der Waals surface area contributed by atoms with Gasteiger partial charge in [-0.3, -0.25) is 10.1 Å². The average Bonchev–Trinajstić information content (AvgIpc) is 2.01. The van der Waals surface area contributed by atoms with E-state index in [0.717, 1.165) is 6.07 Å². The molecule has 6 nitrogen and oxygen atoms in total. The molecule has 1 aromatic rings. The smallest absolute Gasteiger partial charge is 0.258 e. The molecule has 0 unspecified atom stereocenters. The molecule has 0 atom stereocenters. The van der Waals surface area contributed by atoms with Gasteiger partial charge in [0.2, 0.25) is 10.0 Å². The summed E-state index contributed by atoms with van der Waals surface area (Å²) in [6, 6.07) is 3.80. The third kappa shape index (κ3) is 2.08. The van der Waals surface area contributed by atoms with Crippen molar-refractivity contribution in [2.45, 2.75) is 4.90 Å². The standard InChI is InChI=1S/C6H5BrN2O4S/c7-4-2-1-3-5(9(10)11)6(4)14(8,12)13/h1-3H,(H2,8,12,13). The zero-order chi connectivity index (χ0) is 10.9. The summed E-state index contributed by atoms with van der Waals surface area (Å²) in [5, 5.41) is 15.3. The molecule has 1 aromatic carbocycles. The second kappa shape index (κ2) is 3.64. The third-order valence-corrected chi connectivity index (χ3v) is 3.35. The Labute approximate surface area is 88.1 Å². The molecule has 0 aliphatic rings. The number of sulfonamides is 1. The molecule has 0 aromatic heterocycles. The van der Waals surface area contributed by atoms with Crippen molar-refractivity contribution in [3.05, 3.63) is 32.8 Å². The summed E-state index contributed by atoms with van der Waals surface area (Å²) in [5.74, 6) is 0. The van der Waals surface area contributed by atoms with E-state index < -0.39 is 25.5 Å². The summed E-state index contributed by atoms with van der Waals surface area (Å²) in [7, 11) is -4.10. The van der Waals surface area contributed by atoms with Gasteiger partial charge in [-0.1, -0.05) is 6.07 Å². The SMILES string of the molecule is NS(=O)(=O)c1c(Br)cccc1[N+](=O)[O-]. The Hall–Kier alpha value is -0.990. The summed E-state index contributed by atoms with van der Waals surface area (Å²) in [6.45, 7) is 0. The predicted molar refractivity (Wildman–Crippen MR) is 52.2 cm³/mol. The van der Waals surface area contributed by atoms with E-state index in [0.29, 0.717) is 0 Å². The maximum atomic E-state index is 11.0. The van der Waals surface area contributed by atoms with Crippen LogP contribution in [0.1, 0.15) is 0 Å². The van der Waals surface area contributed by atoms with E-state index in [9.17, 15) is 18.5 Å². The first kappa shape index (κ1) is 11.1. The fraction of sp³-hybridized carbons (Fsp3) is 0. The largest absolute Gasteiger partial charge is 0.290 e. The van der Waals surface area contributed by atoms with Crippen LogP contribution in [0, 0.1) is 10.1 Å². The van der Waals surface area contributed by atoms with Crippen LogP contribution in [0.3, 0.4) is 0 Å². The molecule has 76 valence electrons. The Balaban J connectivity index is 3.62. The molecule has 0 spiro atoms.